The van der Waals surface area contributed by atoms with Gasteiger partial charge in [0.15, 0.2) is 0 Å². The second kappa shape index (κ2) is 6.96. The summed E-state index contributed by atoms with van der Waals surface area (Å²) in [7, 11) is 0. The van der Waals surface area contributed by atoms with Gasteiger partial charge in [0.05, 0.1) is 23.2 Å². The van der Waals surface area contributed by atoms with Crippen LogP contribution in [-0.2, 0) is 12.0 Å². The number of halogens is 1. The first-order chi connectivity index (χ1) is 14.1. The molecule has 0 unspecified atom stereocenters. The predicted molar refractivity (Wildman–Crippen MR) is 112 cm³/mol. The largest absolute Gasteiger partial charge is 0.384 e. The monoisotopic (exact) mass is 388 g/mol. The van der Waals surface area contributed by atoms with Crippen LogP contribution in [0.15, 0.2) is 66.9 Å². The van der Waals surface area contributed by atoms with Crippen molar-refractivity contribution in [3.05, 3.63) is 89.5 Å². The third-order valence-electron chi connectivity index (χ3n) is 6.76. The fraction of sp³-hybridized carbons (Fsp3) is 0.320. The zero-order valence-corrected chi connectivity index (χ0v) is 16.4. The van der Waals surface area contributed by atoms with E-state index in [4.69, 9.17) is 0 Å². The summed E-state index contributed by atoms with van der Waals surface area (Å²) in [5.74, 6) is -0.254. The number of aliphatic hydroxyl groups is 1. The third kappa shape index (κ3) is 2.94. The molecule has 1 heterocycles. The van der Waals surface area contributed by atoms with E-state index in [9.17, 15) is 9.50 Å². The van der Waals surface area contributed by atoms with Crippen LogP contribution in [0.4, 0.5) is 4.39 Å². The summed E-state index contributed by atoms with van der Waals surface area (Å²) in [6.45, 7) is 0. The van der Waals surface area contributed by atoms with Crippen LogP contribution >= 0.6 is 0 Å². The van der Waals surface area contributed by atoms with E-state index in [1.165, 1.54) is 12.1 Å². The Kier molecular flexibility index (Phi) is 4.39. The number of rotatable bonds is 2. The maximum Gasteiger partial charge on any atom is 0.123 e. The highest BCUT2D eigenvalue weighted by molar-refractivity contribution is 5.58. The van der Waals surface area contributed by atoms with Crippen molar-refractivity contribution in [3.63, 3.8) is 0 Å². The van der Waals surface area contributed by atoms with Gasteiger partial charge in [-0.1, -0.05) is 55.7 Å². The molecule has 1 spiro atoms. The molecule has 0 amide bonds. The van der Waals surface area contributed by atoms with Crippen LogP contribution in [0.3, 0.4) is 0 Å². The average molecular weight is 388 g/mol. The molecule has 2 atom stereocenters. The van der Waals surface area contributed by atoms with E-state index in [0.717, 1.165) is 61.0 Å². The number of hydrogen-bond donors (Lipinski definition) is 1. The first-order valence-electron chi connectivity index (χ1n) is 10.4. The molecule has 2 aliphatic rings. The van der Waals surface area contributed by atoms with E-state index in [1.54, 1.807) is 12.1 Å². The van der Waals surface area contributed by atoms with Gasteiger partial charge in [0.25, 0.3) is 0 Å². The lowest BCUT2D eigenvalue weighted by Gasteiger charge is -2.47. The van der Waals surface area contributed by atoms with Gasteiger partial charge in [-0.25, -0.2) is 9.07 Å². The lowest BCUT2D eigenvalue weighted by Crippen LogP contribution is -2.46. The van der Waals surface area contributed by atoms with E-state index in [2.05, 4.69) is 29.4 Å². The Labute approximate surface area is 170 Å². The van der Waals surface area contributed by atoms with Gasteiger partial charge < -0.3 is 5.11 Å². The summed E-state index contributed by atoms with van der Waals surface area (Å²) >= 11 is 0. The van der Waals surface area contributed by atoms with Gasteiger partial charge in [-0.15, -0.1) is 0 Å². The Morgan fingerprint density at radius 1 is 0.931 bits per heavy atom. The van der Waals surface area contributed by atoms with Gasteiger partial charge in [0, 0.05) is 5.41 Å². The highest BCUT2D eigenvalue weighted by Gasteiger charge is 2.51. The second-order valence-corrected chi connectivity index (χ2v) is 8.40. The summed E-state index contributed by atoms with van der Waals surface area (Å²) in [6.07, 6.45) is 12.0. The molecule has 3 nitrogen and oxygen atoms in total. The quantitative estimate of drug-likeness (QED) is 0.637. The van der Waals surface area contributed by atoms with E-state index < -0.39 is 5.60 Å². The van der Waals surface area contributed by atoms with Crippen LogP contribution in [0.1, 0.15) is 48.9 Å². The Bertz CT molecular complexity index is 1040. The number of aromatic nitrogens is 2. The zero-order valence-electron chi connectivity index (χ0n) is 16.4. The minimum atomic E-state index is -0.892. The molecule has 0 aliphatic heterocycles. The smallest absolute Gasteiger partial charge is 0.123 e. The normalized spacial score (nSPS) is 26.3. The van der Waals surface area contributed by atoms with E-state index >= 15 is 0 Å². The highest BCUT2D eigenvalue weighted by Crippen LogP contribution is 2.54. The van der Waals surface area contributed by atoms with Crippen molar-refractivity contribution >= 4 is 6.08 Å². The van der Waals surface area contributed by atoms with Crippen LogP contribution in [0.2, 0.25) is 0 Å². The van der Waals surface area contributed by atoms with Crippen LogP contribution < -0.4 is 0 Å². The molecule has 2 aliphatic carbocycles. The van der Waals surface area contributed by atoms with Crippen LogP contribution in [0.25, 0.3) is 11.8 Å². The van der Waals surface area contributed by atoms with Crippen molar-refractivity contribution in [1.29, 1.82) is 0 Å². The predicted octanol–water partition coefficient (Wildman–Crippen LogP) is 5.42. The molecule has 4 heteroatoms. The van der Waals surface area contributed by atoms with Crippen LogP contribution in [0.5, 0.6) is 0 Å². The van der Waals surface area contributed by atoms with E-state index in [-0.39, 0.29) is 11.2 Å². The standard InChI is InChI=1S/C25H25FN2O/c26-21-9-11-22(12-10-21)28-23-13-16-24(17-19(23)18-27-28)14-5-2-6-15-25(24,29)20-7-3-1-4-8-20/h1,3-4,7-13,16,18,29H,2,5-6,14-15,17H2/t24-,25-/m0/s1. The summed E-state index contributed by atoms with van der Waals surface area (Å²) in [5, 5.41) is 16.6. The molecule has 29 heavy (non-hydrogen) atoms. The maximum atomic E-state index is 13.3. The molecule has 0 radical (unpaired) electrons. The lowest BCUT2D eigenvalue weighted by atomic mass is 9.61. The lowest BCUT2D eigenvalue weighted by molar-refractivity contribution is -0.0726. The van der Waals surface area contributed by atoms with E-state index in [1.807, 2.05) is 29.1 Å². The molecule has 0 bridgehead atoms. The fourth-order valence-corrected chi connectivity index (χ4v) is 5.19. The molecule has 5 rings (SSSR count). The Morgan fingerprint density at radius 2 is 1.69 bits per heavy atom. The number of fused-ring (bicyclic) bond motifs is 1. The van der Waals surface area contributed by atoms with Crippen molar-refractivity contribution < 1.29 is 9.50 Å². The number of benzene rings is 2. The molecular weight excluding hydrogens is 363 g/mol. The molecule has 1 saturated carbocycles. The van der Waals surface area contributed by atoms with Crippen molar-refractivity contribution in [3.8, 4) is 5.69 Å². The fourth-order valence-electron chi connectivity index (χ4n) is 5.19. The molecule has 148 valence electrons. The van der Waals surface area contributed by atoms with Gasteiger partial charge >= 0.3 is 0 Å². The summed E-state index contributed by atoms with van der Waals surface area (Å²) in [5.41, 5.74) is 2.76. The first-order valence-corrected chi connectivity index (χ1v) is 10.4. The molecule has 0 saturated heterocycles. The van der Waals surface area contributed by atoms with Crippen molar-refractivity contribution in [2.24, 2.45) is 5.41 Å². The first kappa shape index (κ1) is 18.3. The Balaban J connectivity index is 1.58. The number of hydrogen-bond acceptors (Lipinski definition) is 2. The summed E-state index contributed by atoms with van der Waals surface area (Å²) in [6, 6.07) is 16.5. The highest BCUT2D eigenvalue weighted by atomic mass is 19.1. The zero-order chi connectivity index (χ0) is 19.9. The molecular formula is C25H25FN2O. The van der Waals surface area contributed by atoms with Crippen LogP contribution in [0, 0.1) is 11.2 Å². The van der Waals surface area contributed by atoms with Crippen molar-refractivity contribution in [1.82, 2.24) is 9.78 Å². The second-order valence-electron chi connectivity index (χ2n) is 8.40. The molecule has 1 N–H and O–H groups in total. The topological polar surface area (TPSA) is 38.1 Å². The van der Waals surface area contributed by atoms with E-state index in [0.29, 0.717) is 0 Å². The SMILES string of the molecule is O[C@]1(c2ccccc2)CCCCC[C@@]12C=Cc1c(cnn1-c1ccc(F)cc1)C2. The Hall–Kier alpha value is -2.72. The maximum absolute atomic E-state index is 13.3. The molecule has 1 fully saturated rings. The summed E-state index contributed by atoms with van der Waals surface area (Å²) < 4.78 is 15.2. The van der Waals surface area contributed by atoms with Gasteiger partial charge in [0.2, 0.25) is 0 Å². The molecule has 1 aromatic heterocycles. The van der Waals surface area contributed by atoms with Crippen molar-refractivity contribution in [2.75, 3.05) is 0 Å². The number of nitrogens with zero attached hydrogens (tertiary/aromatic N) is 2. The third-order valence-corrected chi connectivity index (χ3v) is 6.76. The molecule has 2 aromatic carbocycles. The minimum Gasteiger partial charge on any atom is -0.384 e. The van der Waals surface area contributed by atoms with Gasteiger partial charge in [-0.3, -0.25) is 0 Å². The van der Waals surface area contributed by atoms with Gasteiger partial charge in [-0.05, 0) is 60.7 Å². The minimum absolute atomic E-state index is 0.254. The average Bonchev–Trinajstić information content (AvgIpc) is 3.10. The van der Waals surface area contributed by atoms with Gasteiger partial charge in [0.1, 0.15) is 5.82 Å². The van der Waals surface area contributed by atoms with Crippen molar-refractivity contribution in [2.45, 2.75) is 44.1 Å². The van der Waals surface area contributed by atoms with Gasteiger partial charge in [-0.2, -0.15) is 5.10 Å². The Morgan fingerprint density at radius 3 is 2.48 bits per heavy atom. The summed E-state index contributed by atoms with van der Waals surface area (Å²) in [4.78, 5) is 0. The van der Waals surface area contributed by atoms with Crippen LogP contribution in [-0.4, -0.2) is 14.9 Å². The molecule has 3 aromatic rings.